The summed E-state index contributed by atoms with van der Waals surface area (Å²) in [7, 11) is 0. The smallest absolute Gasteiger partial charge is 0.322 e. The van der Waals surface area contributed by atoms with E-state index in [0.717, 1.165) is 18.2 Å². The number of carbonyl (C=O) groups excluding carboxylic acids is 1. The average molecular weight is 270 g/mol. The largest absolute Gasteiger partial charge is 0.391 e. The third-order valence-electron chi connectivity index (χ3n) is 3.38. The van der Waals surface area contributed by atoms with Gasteiger partial charge in [0.2, 0.25) is 0 Å². The molecule has 0 radical (unpaired) electrons. The number of carbonyl (C=O) groups is 1. The molecule has 2 unspecified atom stereocenters. The minimum atomic E-state index is -0.694. The molecule has 6 heteroatoms. The molecule has 4 nitrogen and oxygen atoms in total. The number of nitrogens with one attached hydrogen (secondary N) is 1. The standard InChI is InChI=1S/C13H16F2N2O2/c1-8-4-5-17(7-12(8)18)13(19)16-11-6-9(14)2-3-10(11)15/h2-3,6,8,12,18H,4-5,7H2,1H3,(H,16,19). The number of halogens is 2. The van der Waals surface area contributed by atoms with E-state index in [9.17, 15) is 18.7 Å². The zero-order valence-corrected chi connectivity index (χ0v) is 10.6. The monoisotopic (exact) mass is 270 g/mol. The zero-order chi connectivity index (χ0) is 14.0. The van der Waals surface area contributed by atoms with Gasteiger partial charge in [-0.2, -0.15) is 0 Å². The van der Waals surface area contributed by atoms with Gasteiger partial charge in [-0.1, -0.05) is 6.92 Å². The summed E-state index contributed by atoms with van der Waals surface area (Å²) in [5.74, 6) is -1.18. The number of likely N-dealkylation sites (tertiary alicyclic amines) is 1. The molecule has 2 amide bonds. The summed E-state index contributed by atoms with van der Waals surface area (Å²) in [6.07, 6.45) is 0.0945. The van der Waals surface area contributed by atoms with E-state index in [1.807, 2.05) is 6.92 Å². The number of β-amino-alcohol motifs (C(OH)–C–C–N with tert-alkyl or cyclic N) is 1. The van der Waals surface area contributed by atoms with Crippen molar-refractivity contribution in [3.63, 3.8) is 0 Å². The van der Waals surface area contributed by atoms with Crippen LogP contribution in [0.3, 0.4) is 0 Å². The summed E-state index contributed by atoms with van der Waals surface area (Å²) in [5, 5.41) is 12.0. The second-order valence-corrected chi connectivity index (χ2v) is 4.83. The number of aliphatic hydroxyl groups excluding tert-OH is 1. The fourth-order valence-electron chi connectivity index (χ4n) is 2.02. The minimum absolute atomic E-state index is 0.134. The van der Waals surface area contributed by atoms with Crippen LogP contribution in [0, 0.1) is 17.6 Å². The van der Waals surface area contributed by atoms with Crippen molar-refractivity contribution in [3.8, 4) is 0 Å². The maximum atomic E-state index is 13.4. The molecule has 2 rings (SSSR count). The molecule has 19 heavy (non-hydrogen) atoms. The van der Waals surface area contributed by atoms with E-state index in [1.54, 1.807) is 0 Å². The van der Waals surface area contributed by atoms with Gasteiger partial charge in [0.15, 0.2) is 0 Å². The van der Waals surface area contributed by atoms with Crippen molar-refractivity contribution >= 4 is 11.7 Å². The van der Waals surface area contributed by atoms with E-state index in [2.05, 4.69) is 5.32 Å². The molecule has 1 saturated heterocycles. The van der Waals surface area contributed by atoms with Crippen LogP contribution in [-0.4, -0.2) is 35.2 Å². The van der Waals surface area contributed by atoms with Gasteiger partial charge in [0, 0.05) is 19.2 Å². The first-order valence-electron chi connectivity index (χ1n) is 6.16. The van der Waals surface area contributed by atoms with Crippen LogP contribution in [-0.2, 0) is 0 Å². The second-order valence-electron chi connectivity index (χ2n) is 4.83. The Morgan fingerprint density at radius 3 is 2.89 bits per heavy atom. The van der Waals surface area contributed by atoms with Crippen molar-refractivity contribution in [1.82, 2.24) is 4.90 Å². The third kappa shape index (κ3) is 3.20. The molecule has 0 aliphatic carbocycles. The summed E-state index contributed by atoms with van der Waals surface area (Å²) in [6, 6.07) is 2.33. The van der Waals surface area contributed by atoms with Crippen LogP contribution in [0.4, 0.5) is 19.3 Å². The number of piperidine rings is 1. The molecule has 1 heterocycles. The zero-order valence-electron chi connectivity index (χ0n) is 10.6. The highest BCUT2D eigenvalue weighted by Gasteiger charge is 2.27. The first-order valence-corrected chi connectivity index (χ1v) is 6.16. The summed E-state index contributed by atoms with van der Waals surface area (Å²) in [5.41, 5.74) is -0.196. The van der Waals surface area contributed by atoms with Gasteiger partial charge in [-0.3, -0.25) is 0 Å². The number of rotatable bonds is 1. The fourth-order valence-corrected chi connectivity index (χ4v) is 2.02. The molecule has 0 spiro atoms. The lowest BCUT2D eigenvalue weighted by atomic mass is 9.96. The Hall–Kier alpha value is -1.69. The van der Waals surface area contributed by atoms with Crippen LogP contribution < -0.4 is 5.32 Å². The normalized spacial score (nSPS) is 23.3. The highest BCUT2D eigenvalue weighted by Crippen LogP contribution is 2.19. The number of hydrogen-bond acceptors (Lipinski definition) is 2. The van der Waals surface area contributed by atoms with Gasteiger partial charge < -0.3 is 15.3 Å². The molecular weight excluding hydrogens is 254 g/mol. The van der Waals surface area contributed by atoms with Crippen molar-refractivity contribution in [3.05, 3.63) is 29.8 Å². The summed E-state index contributed by atoms with van der Waals surface area (Å²) in [4.78, 5) is 13.3. The second kappa shape index (κ2) is 5.52. The van der Waals surface area contributed by atoms with E-state index in [1.165, 1.54) is 4.90 Å². The Balaban J connectivity index is 2.03. The van der Waals surface area contributed by atoms with Gasteiger partial charge in [0.25, 0.3) is 0 Å². The molecule has 1 aromatic carbocycles. The van der Waals surface area contributed by atoms with E-state index in [0.29, 0.717) is 13.0 Å². The van der Waals surface area contributed by atoms with Gasteiger partial charge in [0.1, 0.15) is 11.6 Å². The van der Waals surface area contributed by atoms with E-state index in [-0.39, 0.29) is 18.2 Å². The molecule has 0 aromatic heterocycles. The van der Waals surface area contributed by atoms with Crippen LogP contribution in [0.1, 0.15) is 13.3 Å². The van der Waals surface area contributed by atoms with Gasteiger partial charge in [-0.25, -0.2) is 13.6 Å². The Labute approximate surface area is 110 Å². The lowest BCUT2D eigenvalue weighted by Crippen LogP contribution is -2.47. The van der Waals surface area contributed by atoms with Gasteiger partial charge in [0.05, 0.1) is 11.8 Å². The minimum Gasteiger partial charge on any atom is -0.391 e. The molecular formula is C13H16F2N2O2. The Morgan fingerprint density at radius 2 is 2.21 bits per heavy atom. The third-order valence-corrected chi connectivity index (χ3v) is 3.38. The van der Waals surface area contributed by atoms with Crippen LogP contribution in [0.25, 0.3) is 0 Å². The van der Waals surface area contributed by atoms with Crippen LogP contribution in [0.2, 0.25) is 0 Å². The molecule has 104 valence electrons. The van der Waals surface area contributed by atoms with E-state index >= 15 is 0 Å². The molecule has 2 atom stereocenters. The molecule has 1 aliphatic rings. The number of urea groups is 1. The van der Waals surface area contributed by atoms with Gasteiger partial charge in [-0.05, 0) is 24.5 Å². The number of amides is 2. The first-order chi connectivity index (χ1) is 8.97. The van der Waals surface area contributed by atoms with Crippen LogP contribution in [0.15, 0.2) is 18.2 Å². The van der Waals surface area contributed by atoms with E-state index in [4.69, 9.17) is 0 Å². The summed E-state index contributed by atoms with van der Waals surface area (Å²) in [6.45, 7) is 2.59. The highest BCUT2D eigenvalue weighted by atomic mass is 19.1. The number of benzene rings is 1. The van der Waals surface area contributed by atoms with Gasteiger partial charge in [-0.15, -0.1) is 0 Å². The number of aliphatic hydroxyl groups is 1. The van der Waals surface area contributed by atoms with Crippen molar-refractivity contribution in [2.75, 3.05) is 18.4 Å². The quantitative estimate of drug-likeness (QED) is 0.822. The van der Waals surface area contributed by atoms with Crippen molar-refractivity contribution in [2.45, 2.75) is 19.4 Å². The summed E-state index contributed by atoms with van der Waals surface area (Å²) >= 11 is 0. The lowest BCUT2D eigenvalue weighted by Gasteiger charge is -2.34. The number of nitrogens with zero attached hydrogens (tertiary/aromatic N) is 1. The molecule has 0 bridgehead atoms. The van der Waals surface area contributed by atoms with Crippen LogP contribution >= 0.6 is 0 Å². The molecule has 1 fully saturated rings. The Morgan fingerprint density at radius 1 is 1.47 bits per heavy atom. The Bertz CT molecular complexity index is 482. The number of hydrogen-bond donors (Lipinski definition) is 2. The predicted molar refractivity (Wildman–Crippen MR) is 66.7 cm³/mol. The van der Waals surface area contributed by atoms with Gasteiger partial charge >= 0.3 is 6.03 Å². The predicted octanol–water partition coefficient (Wildman–Crippen LogP) is 2.20. The van der Waals surface area contributed by atoms with Crippen molar-refractivity contribution < 1.29 is 18.7 Å². The van der Waals surface area contributed by atoms with E-state index < -0.39 is 23.8 Å². The SMILES string of the molecule is CC1CCN(C(=O)Nc2cc(F)ccc2F)CC1O. The Kier molecular flexibility index (Phi) is 3.99. The van der Waals surface area contributed by atoms with Crippen molar-refractivity contribution in [2.24, 2.45) is 5.92 Å². The summed E-state index contributed by atoms with van der Waals surface area (Å²) < 4.78 is 26.4. The fraction of sp³-hybridized carbons (Fsp3) is 0.462. The lowest BCUT2D eigenvalue weighted by molar-refractivity contribution is 0.0463. The molecule has 1 aromatic rings. The molecule has 2 N–H and O–H groups in total. The number of anilines is 1. The van der Waals surface area contributed by atoms with Crippen molar-refractivity contribution in [1.29, 1.82) is 0 Å². The molecule has 1 aliphatic heterocycles. The molecule has 0 saturated carbocycles. The maximum Gasteiger partial charge on any atom is 0.322 e. The first kappa shape index (κ1) is 13.7. The maximum absolute atomic E-state index is 13.4. The average Bonchev–Trinajstić information content (AvgIpc) is 2.37. The highest BCUT2D eigenvalue weighted by molar-refractivity contribution is 5.89. The van der Waals surface area contributed by atoms with Crippen LogP contribution in [0.5, 0.6) is 0 Å². The topological polar surface area (TPSA) is 52.6 Å².